The van der Waals surface area contributed by atoms with Crippen LogP contribution in [-0.4, -0.2) is 48.5 Å². The first-order chi connectivity index (χ1) is 8.21. The largest absolute Gasteiger partial charge is 0.294 e. The first kappa shape index (κ1) is 14.9. The van der Waals surface area contributed by atoms with Crippen molar-refractivity contribution in [3.05, 3.63) is 0 Å². The summed E-state index contributed by atoms with van der Waals surface area (Å²) in [5.41, 5.74) is 1.99. The minimum Gasteiger partial charge on any atom is -0.294 e. The molecule has 0 aromatic rings. The predicted molar refractivity (Wildman–Crippen MR) is 64.5 cm³/mol. The van der Waals surface area contributed by atoms with Crippen LogP contribution in [0.2, 0.25) is 0 Å². The van der Waals surface area contributed by atoms with Gasteiger partial charge in [0.15, 0.2) is 11.2 Å². The monoisotopic (exact) mass is 296 g/mol. The first-order valence-electron chi connectivity index (χ1n) is 4.64. The smallest absolute Gasteiger partial charge is 0.263 e. The van der Waals surface area contributed by atoms with Crippen molar-refractivity contribution in [3.8, 4) is 0 Å². The Morgan fingerprint density at radius 3 is 2.67 bits per heavy atom. The molecule has 0 fully saturated rings. The number of ketones is 1. The molecule has 1 amide bonds. The minimum absolute atomic E-state index is 0.331. The second-order valence-electron chi connectivity index (χ2n) is 3.37. The summed E-state index contributed by atoms with van der Waals surface area (Å²) in [5, 5.41) is 8.87. The van der Waals surface area contributed by atoms with Gasteiger partial charge in [0.05, 0.1) is 0 Å². The van der Waals surface area contributed by atoms with E-state index in [9.17, 15) is 18.0 Å². The van der Waals surface area contributed by atoms with Gasteiger partial charge in [0, 0.05) is 14.0 Å². The number of hydrogen-bond acceptors (Lipinski definition) is 8. The van der Waals surface area contributed by atoms with Gasteiger partial charge >= 0.3 is 0 Å². The number of hydroxylamine groups is 1. The quantitative estimate of drug-likeness (QED) is 0.584. The Labute approximate surface area is 108 Å². The Bertz CT molecular complexity index is 488. The molecule has 0 radical (unpaired) electrons. The van der Waals surface area contributed by atoms with Crippen molar-refractivity contribution >= 4 is 37.9 Å². The van der Waals surface area contributed by atoms with Gasteiger partial charge < -0.3 is 0 Å². The number of hydrazone groups is 1. The summed E-state index contributed by atoms with van der Waals surface area (Å²) >= 11 is 0.713. The first-order valence-corrected chi connectivity index (χ1v) is 7.06. The summed E-state index contributed by atoms with van der Waals surface area (Å²) in [6.45, 7) is 0.831. The molecule has 1 unspecified atom stereocenters. The average Bonchev–Trinajstić information content (AvgIpc) is 2.59. The molecule has 1 aliphatic rings. The number of Topliss-reactive ketones (excluding diaryl/α,β-unsaturated/α-hetero) is 1. The maximum atomic E-state index is 11.7. The number of nitrogens with one attached hydrogen (secondary N) is 1. The molecule has 1 atom stereocenters. The van der Waals surface area contributed by atoms with Gasteiger partial charge in [0.25, 0.3) is 10.0 Å². The van der Waals surface area contributed by atoms with E-state index in [1.807, 2.05) is 5.48 Å². The Hall–Kier alpha value is -1.17. The molecule has 0 saturated heterocycles. The van der Waals surface area contributed by atoms with Crippen molar-refractivity contribution < 1.29 is 22.8 Å². The van der Waals surface area contributed by atoms with Gasteiger partial charge in [-0.25, -0.2) is 19.0 Å². The zero-order chi connectivity index (χ0) is 13.9. The van der Waals surface area contributed by atoms with Crippen molar-refractivity contribution in [3.63, 3.8) is 0 Å². The number of hydrogen-bond donors (Lipinski definition) is 2. The van der Waals surface area contributed by atoms with Crippen LogP contribution >= 0.6 is 11.8 Å². The van der Waals surface area contributed by atoms with E-state index in [-0.39, 0.29) is 4.38 Å². The van der Waals surface area contributed by atoms with E-state index in [1.54, 1.807) is 0 Å². The van der Waals surface area contributed by atoms with Crippen LogP contribution in [0.1, 0.15) is 6.92 Å². The lowest BCUT2D eigenvalue weighted by Gasteiger charge is -2.15. The number of primary sulfonamides is 1. The number of nitrogens with two attached hydrogens (primary N) is 1. The van der Waals surface area contributed by atoms with Crippen molar-refractivity contribution in [2.75, 3.05) is 13.7 Å². The van der Waals surface area contributed by atoms with Gasteiger partial charge in [-0.1, -0.05) is 11.8 Å². The van der Waals surface area contributed by atoms with Crippen molar-refractivity contribution in [2.45, 2.75) is 12.3 Å². The van der Waals surface area contributed by atoms with Gasteiger partial charge in [0.1, 0.15) is 6.61 Å². The summed E-state index contributed by atoms with van der Waals surface area (Å²) < 4.78 is 21.8. The second kappa shape index (κ2) is 5.65. The van der Waals surface area contributed by atoms with E-state index >= 15 is 0 Å². The molecule has 1 aliphatic heterocycles. The molecule has 0 spiro atoms. The maximum absolute atomic E-state index is 11.7. The highest BCUT2D eigenvalue weighted by atomic mass is 32.3. The van der Waals surface area contributed by atoms with E-state index in [1.165, 1.54) is 19.0 Å². The summed E-state index contributed by atoms with van der Waals surface area (Å²) in [4.78, 5) is 26.8. The molecule has 3 N–H and O–H groups in total. The van der Waals surface area contributed by atoms with Gasteiger partial charge in [-0.05, 0) is 0 Å². The van der Waals surface area contributed by atoms with Crippen LogP contribution in [0.3, 0.4) is 0 Å². The standard InChI is InChI=1S/C7H12N4O5S2/c1-4(12)10-16-3-5(13)6-11(2)9-7(17-6)18(8,14)15/h6H,3H2,1-2H3,(H,10,12)(H2,8,14,15). The molecule has 1 rings (SSSR count). The zero-order valence-electron chi connectivity index (χ0n) is 9.61. The molecule has 0 bridgehead atoms. The number of rotatable bonds is 4. The Kier molecular flexibility index (Phi) is 4.67. The third-order valence-electron chi connectivity index (χ3n) is 1.74. The van der Waals surface area contributed by atoms with Gasteiger partial charge in [-0.15, -0.1) is 0 Å². The van der Waals surface area contributed by atoms with Gasteiger partial charge in [-0.3, -0.25) is 19.4 Å². The molecular weight excluding hydrogens is 284 g/mol. The number of sulfonamides is 1. The lowest BCUT2D eigenvalue weighted by Crippen LogP contribution is -2.34. The van der Waals surface area contributed by atoms with Crippen LogP contribution in [0.25, 0.3) is 0 Å². The van der Waals surface area contributed by atoms with E-state index in [0.29, 0.717) is 11.8 Å². The van der Waals surface area contributed by atoms with Crippen LogP contribution in [0.15, 0.2) is 5.10 Å². The number of carbonyl (C=O) groups is 2. The highest BCUT2D eigenvalue weighted by Crippen LogP contribution is 2.26. The van der Waals surface area contributed by atoms with Gasteiger partial charge in [-0.2, -0.15) is 5.10 Å². The highest BCUT2D eigenvalue weighted by molar-refractivity contribution is 8.35. The molecule has 9 nitrogen and oxygen atoms in total. The summed E-state index contributed by atoms with van der Waals surface area (Å²) in [5.74, 6) is -0.893. The van der Waals surface area contributed by atoms with Crippen LogP contribution in [-0.2, 0) is 24.4 Å². The molecule has 11 heteroatoms. The van der Waals surface area contributed by atoms with E-state index in [4.69, 9.17) is 5.14 Å². The second-order valence-corrected chi connectivity index (χ2v) is 6.17. The molecule has 0 aliphatic carbocycles. The van der Waals surface area contributed by atoms with Crippen molar-refractivity contribution in [1.82, 2.24) is 10.5 Å². The summed E-state index contributed by atoms with van der Waals surface area (Å²) in [6, 6.07) is 0. The van der Waals surface area contributed by atoms with Crippen LogP contribution in [0.4, 0.5) is 0 Å². The SMILES string of the molecule is CC(=O)NOCC(=O)C1SC(S(N)(=O)=O)=NN1C. The molecule has 18 heavy (non-hydrogen) atoms. The lowest BCUT2D eigenvalue weighted by molar-refractivity contribution is -0.137. The van der Waals surface area contributed by atoms with Crippen LogP contribution in [0.5, 0.6) is 0 Å². The summed E-state index contributed by atoms with van der Waals surface area (Å²) in [7, 11) is -2.49. The van der Waals surface area contributed by atoms with E-state index < -0.39 is 33.7 Å². The fourth-order valence-electron chi connectivity index (χ4n) is 1.05. The average molecular weight is 296 g/mol. The molecule has 0 aromatic heterocycles. The fourth-order valence-corrected chi connectivity index (χ4v) is 2.87. The van der Waals surface area contributed by atoms with Crippen molar-refractivity contribution in [2.24, 2.45) is 10.2 Å². The normalized spacial score (nSPS) is 19.6. The van der Waals surface area contributed by atoms with E-state index in [0.717, 1.165) is 0 Å². The third kappa shape index (κ3) is 3.94. The van der Waals surface area contributed by atoms with Gasteiger partial charge in [0.2, 0.25) is 10.3 Å². The molecule has 1 heterocycles. The van der Waals surface area contributed by atoms with E-state index in [2.05, 4.69) is 9.94 Å². The Morgan fingerprint density at radius 2 is 2.22 bits per heavy atom. The number of carbonyl (C=O) groups excluding carboxylic acids is 2. The topological polar surface area (TPSA) is 131 Å². The predicted octanol–water partition coefficient (Wildman–Crippen LogP) is -1.81. The Balaban J connectivity index is 2.56. The molecule has 102 valence electrons. The molecule has 0 aromatic carbocycles. The van der Waals surface area contributed by atoms with Crippen LogP contribution in [0, 0.1) is 0 Å². The number of likely N-dealkylation sites (N-methyl/N-ethyl adjacent to an activating group) is 1. The maximum Gasteiger partial charge on any atom is 0.263 e. The number of nitrogens with zero attached hydrogens (tertiary/aromatic N) is 2. The highest BCUT2D eigenvalue weighted by Gasteiger charge is 2.35. The van der Waals surface area contributed by atoms with Crippen molar-refractivity contribution in [1.29, 1.82) is 0 Å². The lowest BCUT2D eigenvalue weighted by atomic mass is 10.4. The minimum atomic E-state index is -3.93. The Morgan fingerprint density at radius 1 is 1.61 bits per heavy atom. The number of thioether (sulfide) groups is 1. The molecular formula is C7H12N4O5S2. The summed E-state index contributed by atoms with van der Waals surface area (Å²) in [6.07, 6.45) is 0. The van der Waals surface area contributed by atoms with Crippen LogP contribution < -0.4 is 10.6 Å². The molecule has 0 saturated carbocycles. The number of amides is 1. The zero-order valence-corrected chi connectivity index (χ0v) is 11.2. The third-order valence-corrected chi connectivity index (χ3v) is 4.37. The fraction of sp³-hybridized carbons (Fsp3) is 0.571.